The van der Waals surface area contributed by atoms with Crippen molar-refractivity contribution >= 4 is 29.2 Å². The number of amides is 3. The van der Waals surface area contributed by atoms with E-state index in [4.69, 9.17) is 11.6 Å². The van der Waals surface area contributed by atoms with E-state index in [9.17, 15) is 9.59 Å². The molecular formula is C20H22ClN3O2. The maximum absolute atomic E-state index is 12.4. The summed E-state index contributed by atoms with van der Waals surface area (Å²) < 4.78 is 0. The van der Waals surface area contributed by atoms with Crippen molar-refractivity contribution in [1.82, 2.24) is 9.80 Å². The molecule has 6 heteroatoms. The standard InChI is InChI=1S/C20H22ClN3O2/c1-23(13-15-7-9-17(21)10-8-15)20(26)22-18-5-2-4-16(12-18)14-24-11-3-6-19(24)25/h2,4-5,7-10,12H,3,6,11,13-14H2,1H3,(H,22,26). The lowest BCUT2D eigenvalue weighted by Gasteiger charge is -2.19. The second-order valence-corrected chi connectivity index (χ2v) is 6.97. The molecule has 0 atom stereocenters. The largest absolute Gasteiger partial charge is 0.338 e. The van der Waals surface area contributed by atoms with Crippen molar-refractivity contribution in [2.75, 3.05) is 18.9 Å². The Morgan fingerprint density at radius 3 is 2.65 bits per heavy atom. The van der Waals surface area contributed by atoms with Crippen molar-refractivity contribution in [2.24, 2.45) is 0 Å². The maximum atomic E-state index is 12.4. The molecule has 0 bridgehead atoms. The normalized spacial score (nSPS) is 13.8. The van der Waals surface area contributed by atoms with E-state index in [2.05, 4.69) is 5.32 Å². The van der Waals surface area contributed by atoms with Crippen molar-refractivity contribution in [1.29, 1.82) is 0 Å². The molecule has 1 aliphatic heterocycles. The van der Waals surface area contributed by atoms with Gasteiger partial charge in [0.05, 0.1) is 0 Å². The van der Waals surface area contributed by atoms with E-state index >= 15 is 0 Å². The number of urea groups is 1. The number of likely N-dealkylation sites (tertiary alicyclic amines) is 1. The molecule has 0 aromatic heterocycles. The third-order valence-corrected chi connectivity index (χ3v) is 4.65. The molecule has 0 saturated carbocycles. The minimum Gasteiger partial charge on any atom is -0.338 e. The van der Waals surface area contributed by atoms with E-state index in [1.165, 1.54) is 0 Å². The fourth-order valence-corrected chi connectivity index (χ4v) is 3.12. The number of rotatable bonds is 5. The van der Waals surface area contributed by atoms with Gasteiger partial charge in [-0.25, -0.2) is 4.79 Å². The summed E-state index contributed by atoms with van der Waals surface area (Å²) in [4.78, 5) is 27.6. The van der Waals surface area contributed by atoms with E-state index in [-0.39, 0.29) is 11.9 Å². The third kappa shape index (κ3) is 4.76. The number of carbonyl (C=O) groups is 2. The van der Waals surface area contributed by atoms with Crippen molar-refractivity contribution in [3.63, 3.8) is 0 Å². The number of hydrogen-bond acceptors (Lipinski definition) is 2. The topological polar surface area (TPSA) is 52.7 Å². The molecule has 136 valence electrons. The first-order chi connectivity index (χ1) is 12.5. The van der Waals surface area contributed by atoms with Crippen LogP contribution in [-0.4, -0.2) is 35.3 Å². The first-order valence-electron chi connectivity index (χ1n) is 8.64. The quantitative estimate of drug-likeness (QED) is 0.859. The van der Waals surface area contributed by atoms with E-state index in [0.717, 1.165) is 29.8 Å². The number of halogens is 1. The van der Waals surface area contributed by atoms with Gasteiger partial charge in [-0.1, -0.05) is 35.9 Å². The van der Waals surface area contributed by atoms with Gasteiger partial charge < -0.3 is 15.1 Å². The average molecular weight is 372 g/mol. The number of nitrogens with one attached hydrogen (secondary N) is 1. The Balaban J connectivity index is 1.58. The molecule has 2 aromatic carbocycles. The van der Waals surface area contributed by atoms with Crippen molar-refractivity contribution in [3.05, 3.63) is 64.7 Å². The Kier molecular flexibility index (Phi) is 5.78. The van der Waals surface area contributed by atoms with Crippen LogP contribution in [0, 0.1) is 0 Å². The van der Waals surface area contributed by atoms with Crippen molar-refractivity contribution in [2.45, 2.75) is 25.9 Å². The maximum Gasteiger partial charge on any atom is 0.321 e. The zero-order valence-electron chi connectivity index (χ0n) is 14.7. The van der Waals surface area contributed by atoms with Gasteiger partial charge in [-0.2, -0.15) is 0 Å². The monoisotopic (exact) mass is 371 g/mol. The lowest BCUT2D eigenvalue weighted by Crippen LogP contribution is -2.30. The summed E-state index contributed by atoms with van der Waals surface area (Å²) in [7, 11) is 1.75. The van der Waals surface area contributed by atoms with Gasteiger partial charge >= 0.3 is 6.03 Å². The third-order valence-electron chi connectivity index (χ3n) is 4.40. The fraction of sp³-hybridized carbons (Fsp3) is 0.300. The molecule has 0 aliphatic carbocycles. The second kappa shape index (κ2) is 8.23. The highest BCUT2D eigenvalue weighted by atomic mass is 35.5. The highest BCUT2D eigenvalue weighted by molar-refractivity contribution is 6.30. The van der Waals surface area contributed by atoms with Crippen LogP contribution >= 0.6 is 11.6 Å². The van der Waals surface area contributed by atoms with Crippen LogP contribution in [0.4, 0.5) is 10.5 Å². The molecule has 5 nitrogen and oxygen atoms in total. The van der Waals surface area contributed by atoms with Crippen LogP contribution in [0.25, 0.3) is 0 Å². The Morgan fingerprint density at radius 1 is 1.19 bits per heavy atom. The van der Waals surface area contributed by atoms with Crippen LogP contribution in [0.1, 0.15) is 24.0 Å². The van der Waals surface area contributed by atoms with E-state index in [0.29, 0.717) is 24.5 Å². The fourth-order valence-electron chi connectivity index (χ4n) is 2.99. The summed E-state index contributed by atoms with van der Waals surface area (Å²) in [6.07, 6.45) is 1.55. The van der Waals surface area contributed by atoms with Crippen molar-refractivity contribution < 1.29 is 9.59 Å². The van der Waals surface area contributed by atoms with E-state index < -0.39 is 0 Å². The molecule has 1 saturated heterocycles. The summed E-state index contributed by atoms with van der Waals surface area (Å²) in [5.41, 5.74) is 2.74. The zero-order chi connectivity index (χ0) is 18.5. The Hall–Kier alpha value is -2.53. The molecule has 0 radical (unpaired) electrons. The van der Waals surface area contributed by atoms with Gasteiger partial charge in [0.1, 0.15) is 0 Å². The number of nitrogens with zero attached hydrogens (tertiary/aromatic N) is 2. The Bertz CT molecular complexity index is 792. The summed E-state index contributed by atoms with van der Waals surface area (Å²) in [5, 5.41) is 3.58. The highest BCUT2D eigenvalue weighted by Gasteiger charge is 2.20. The lowest BCUT2D eigenvalue weighted by atomic mass is 10.2. The van der Waals surface area contributed by atoms with Crippen LogP contribution < -0.4 is 5.32 Å². The first-order valence-corrected chi connectivity index (χ1v) is 9.02. The van der Waals surface area contributed by atoms with E-state index in [1.54, 1.807) is 11.9 Å². The van der Waals surface area contributed by atoms with Crippen LogP contribution in [0.15, 0.2) is 48.5 Å². The molecule has 0 spiro atoms. The van der Waals surface area contributed by atoms with Gasteiger partial charge in [-0.3, -0.25) is 4.79 Å². The predicted molar refractivity (Wildman–Crippen MR) is 103 cm³/mol. The molecule has 1 N–H and O–H groups in total. The molecular weight excluding hydrogens is 350 g/mol. The van der Waals surface area contributed by atoms with Crippen LogP contribution in [0.2, 0.25) is 5.02 Å². The van der Waals surface area contributed by atoms with Gasteiger partial charge in [-0.15, -0.1) is 0 Å². The molecule has 1 heterocycles. The molecule has 1 aliphatic rings. The van der Waals surface area contributed by atoms with Gasteiger partial charge in [0.25, 0.3) is 0 Å². The summed E-state index contributed by atoms with van der Waals surface area (Å²) in [6, 6.07) is 14.9. The van der Waals surface area contributed by atoms with Gasteiger partial charge in [-0.05, 0) is 41.8 Å². The van der Waals surface area contributed by atoms with Gasteiger partial charge in [0.15, 0.2) is 0 Å². The van der Waals surface area contributed by atoms with Crippen LogP contribution in [0.5, 0.6) is 0 Å². The molecule has 3 rings (SSSR count). The number of anilines is 1. The minimum absolute atomic E-state index is 0.186. The van der Waals surface area contributed by atoms with Gasteiger partial charge in [0, 0.05) is 43.8 Å². The summed E-state index contributed by atoms with van der Waals surface area (Å²) >= 11 is 5.89. The minimum atomic E-state index is -0.186. The first kappa shape index (κ1) is 18.3. The summed E-state index contributed by atoms with van der Waals surface area (Å²) in [6.45, 7) is 1.88. The average Bonchev–Trinajstić information content (AvgIpc) is 3.02. The molecule has 1 fully saturated rings. The number of hydrogen-bond donors (Lipinski definition) is 1. The van der Waals surface area contributed by atoms with Gasteiger partial charge in [0.2, 0.25) is 5.91 Å². The molecule has 0 unspecified atom stereocenters. The zero-order valence-corrected chi connectivity index (χ0v) is 15.5. The number of benzene rings is 2. The second-order valence-electron chi connectivity index (χ2n) is 6.53. The molecule has 26 heavy (non-hydrogen) atoms. The van der Waals surface area contributed by atoms with E-state index in [1.807, 2.05) is 53.4 Å². The lowest BCUT2D eigenvalue weighted by molar-refractivity contribution is -0.128. The Morgan fingerprint density at radius 2 is 1.96 bits per heavy atom. The highest BCUT2D eigenvalue weighted by Crippen LogP contribution is 2.18. The predicted octanol–water partition coefficient (Wildman–Crippen LogP) is 4.13. The van der Waals surface area contributed by atoms with Crippen LogP contribution in [0.3, 0.4) is 0 Å². The van der Waals surface area contributed by atoms with Crippen molar-refractivity contribution in [3.8, 4) is 0 Å². The SMILES string of the molecule is CN(Cc1ccc(Cl)cc1)C(=O)Nc1cccc(CN2CCCC2=O)c1. The smallest absolute Gasteiger partial charge is 0.321 e. The van der Waals surface area contributed by atoms with Crippen LogP contribution in [-0.2, 0) is 17.9 Å². The molecule has 2 aromatic rings. The number of carbonyl (C=O) groups excluding carboxylic acids is 2. The molecule has 3 amide bonds. The summed E-state index contributed by atoms with van der Waals surface area (Å²) in [5.74, 6) is 0.196. The Labute approximate surface area is 158 Å².